The molecule has 0 radical (unpaired) electrons. The quantitative estimate of drug-likeness (QED) is 0.385. The van der Waals surface area contributed by atoms with E-state index in [4.69, 9.17) is 4.74 Å². The van der Waals surface area contributed by atoms with Crippen LogP contribution in [0.1, 0.15) is 22.7 Å². The smallest absolute Gasteiger partial charge is 0.265 e. The number of hydrogen-bond donors (Lipinski definition) is 2. The highest BCUT2D eigenvalue weighted by Crippen LogP contribution is 2.38. The van der Waals surface area contributed by atoms with Crippen molar-refractivity contribution in [3.8, 4) is 11.5 Å². The zero-order chi connectivity index (χ0) is 23.5. The van der Waals surface area contributed by atoms with Crippen molar-refractivity contribution in [1.29, 1.82) is 0 Å². The highest BCUT2D eigenvalue weighted by Gasteiger charge is 2.30. The highest BCUT2D eigenvalue weighted by atomic mass is 16.5. The molecule has 5 rings (SSSR count). The first-order chi connectivity index (χ1) is 16.6. The van der Waals surface area contributed by atoms with Crippen LogP contribution in [0.3, 0.4) is 0 Å². The molecule has 0 saturated carbocycles. The molecule has 0 aromatic heterocycles. The van der Waals surface area contributed by atoms with E-state index < -0.39 is 0 Å². The van der Waals surface area contributed by atoms with Crippen molar-refractivity contribution < 1.29 is 14.6 Å². The molecule has 4 aromatic rings. The van der Waals surface area contributed by atoms with Gasteiger partial charge in [-0.2, -0.15) is 0 Å². The Kier molecular flexibility index (Phi) is 5.75. The number of hydrazine groups is 1. The summed E-state index contributed by atoms with van der Waals surface area (Å²) in [7, 11) is 1.62. The van der Waals surface area contributed by atoms with E-state index in [1.165, 1.54) is 0 Å². The number of carbonyl (C=O) groups is 1. The maximum absolute atomic E-state index is 13.3. The van der Waals surface area contributed by atoms with Crippen LogP contribution in [0.25, 0.3) is 22.5 Å². The minimum absolute atomic E-state index is 0.180. The lowest BCUT2D eigenvalue weighted by molar-refractivity contribution is -0.129. The second-order valence-corrected chi connectivity index (χ2v) is 8.05. The number of benzene rings is 4. The number of phenolic OH excluding ortho intramolecular Hbond substituents is 1. The highest BCUT2D eigenvalue weighted by molar-refractivity contribution is 5.96. The van der Waals surface area contributed by atoms with Crippen LogP contribution >= 0.6 is 0 Å². The van der Waals surface area contributed by atoms with Gasteiger partial charge in [-0.1, -0.05) is 72.8 Å². The lowest BCUT2D eigenvalue weighted by Crippen LogP contribution is -2.38. The van der Waals surface area contributed by atoms with Gasteiger partial charge < -0.3 is 9.84 Å². The van der Waals surface area contributed by atoms with Crippen molar-refractivity contribution in [2.75, 3.05) is 7.11 Å². The molecule has 0 spiro atoms. The number of ether oxygens (including phenoxy) is 1. The summed E-state index contributed by atoms with van der Waals surface area (Å²) in [5.41, 5.74) is 6.40. The topological polar surface area (TPSA) is 61.8 Å². The molecular weight excluding hydrogens is 424 g/mol. The fourth-order valence-electron chi connectivity index (χ4n) is 4.14. The molecule has 34 heavy (non-hydrogen) atoms. The number of rotatable bonds is 5. The van der Waals surface area contributed by atoms with Gasteiger partial charge in [0, 0.05) is 17.0 Å². The molecule has 1 aliphatic rings. The molecule has 0 bridgehead atoms. The molecule has 2 N–H and O–H groups in total. The molecule has 0 aliphatic carbocycles. The van der Waals surface area contributed by atoms with Gasteiger partial charge in [0.2, 0.25) is 0 Å². The maximum Gasteiger partial charge on any atom is 0.265 e. The van der Waals surface area contributed by atoms with Crippen LogP contribution in [0.15, 0.2) is 103 Å². The number of carbonyl (C=O) groups excluding carboxylic acids is 1. The molecule has 1 aliphatic heterocycles. The summed E-state index contributed by atoms with van der Waals surface area (Å²) < 4.78 is 5.28. The second kappa shape index (κ2) is 9.16. The van der Waals surface area contributed by atoms with E-state index in [1.54, 1.807) is 24.3 Å². The van der Waals surface area contributed by atoms with Gasteiger partial charge in [0.15, 0.2) is 0 Å². The molecule has 168 valence electrons. The summed E-state index contributed by atoms with van der Waals surface area (Å²) in [6, 6.07) is 28.5. The van der Waals surface area contributed by atoms with Crippen LogP contribution in [-0.2, 0) is 4.79 Å². The third-order valence-electron chi connectivity index (χ3n) is 5.95. The summed E-state index contributed by atoms with van der Waals surface area (Å²) in [4.78, 5) is 13.3. The Hall–Kier alpha value is -4.51. The van der Waals surface area contributed by atoms with E-state index in [2.05, 4.69) is 5.43 Å². The Morgan fingerprint density at radius 3 is 2.44 bits per heavy atom. The molecule has 5 nitrogen and oxygen atoms in total. The Labute approximate surface area is 198 Å². The zero-order valence-corrected chi connectivity index (χ0v) is 18.7. The summed E-state index contributed by atoms with van der Waals surface area (Å²) in [6.45, 7) is 0. The standard InChI is InChI=1S/C29H24N2O3/c1-34-23-15-12-22(13-16-23)27-19-26(25-17-14-21-9-5-6-10-24(21)29(25)33)30-31(27)28(32)18-11-20-7-3-2-4-8-20/h2-19,27,30,33H,1H3/t27-/m1/s1. The van der Waals surface area contributed by atoms with Crippen molar-refractivity contribution in [3.05, 3.63) is 120 Å². The number of nitrogens with one attached hydrogen (secondary N) is 1. The van der Waals surface area contributed by atoms with Crippen molar-refractivity contribution in [2.45, 2.75) is 6.04 Å². The van der Waals surface area contributed by atoms with Gasteiger partial charge in [0.1, 0.15) is 11.5 Å². The molecule has 5 heteroatoms. The van der Waals surface area contributed by atoms with Gasteiger partial charge in [-0.3, -0.25) is 10.2 Å². The van der Waals surface area contributed by atoms with Crippen LogP contribution < -0.4 is 10.2 Å². The van der Waals surface area contributed by atoms with Gasteiger partial charge in [0.25, 0.3) is 5.91 Å². The molecule has 0 saturated heterocycles. The molecular formula is C29H24N2O3. The van der Waals surface area contributed by atoms with E-state index >= 15 is 0 Å². The van der Waals surface area contributed by atoms with Crippen LogP contribution in [0.4, 0.5) is 0 Å². The molecule has 4 aromatic carbocycles. The average Bonchev–Trinajstić information content (AvgIpc) is 3.33. The third kappa shape index (κ3) is 4.11. The van der Waals surface area contributed by atoms with E-state index in [9.17, 15) is 9.90 Å². The molecule has 1 heterocycles. The predicted molar refractivity (Wildman–Crippen MR) is 135 cm³/mol. The summed E-state index contributed by atoms with van der Waals surface area (Å²) in [5.74, 6) is 0.726. The Morgan fingerprint density at radius 1 is 0.941 bits per heavy atom. The van der Waals surface area contributed by atoms with E-state index in [0.29, 0.717) is 11.3 Å². The summed E-state index contributed by atoms with van der Waals surface area (Å²) >= 11 is 0. The van der Waals surface area contributed by atoms with Gasteiger partial charge in [0.05, 0.1) is 18.8 Å². The van der Waals surface area contributed by atoms with Crippen LogP contribution in [0.2, 0.25) is 0 Å². The molecule has 0 unspecified atom stereocenters. The Bertz CT molecular complexity index is 1390. The SMILES string of the molecule is COc1ccc([C@H]2C=C(c3ccc4ccccc4c3O)NN2C(=O)C=Cc2ccccc2)cc1. The van der Waals surface area contributed by atoms with E-state index in [0.717, 1.165) is 27.6 Å². The third-order valence-corrected chi connectivity index (χ3v) is 5.95. The van der Waals surface area contributed by atoms with Crippen LogP contribution in [-0.4, -0.2) is 23.1 Å². The van der Waals surface area contributed by atoms with Crippen LogP contribution in [0, 0.1) is 0 Å². The monoisotopic (exact) mass is 448 g/mol. The number of amides is 1. The first-order valence-electron chi connectivity index (χ1n) is 11.0. The number of hydrogen-bond acceptors (Lipinski definition) is 4. The van der Waals surface area contributed by atoms with Crippen molar-refractivity contribution in [1.82, 2.24) is 10.4 Å². The van der Waals surface area contributed by atoms with Gasteiger partial charge in [-0.05, 0) is 46.9 Å². The first kappa shape index (κ1) is 21.3. The molecule has 0 fully saturated rings. The van der Waals surface area contributed by atoms with Crippen molar-refractivity contribution in [3.63, 3.8) is 0 Å². The Morgan fingerprint density at radius 2 is 1.68 bits per heavy atom. The number of methoxy groups -OCH3 is 1. The zero-order valence-electron chi connectivity index (χ0n) is 18.7. The Balaban J connectivity index is 1.52. The second-order valence-electron chi connectivity index (χ2n) is 8.05. The minimum Gasteiger partial charge on any atom is -0.507 e. The van der Waals surface area contributed by atoms with E-state index in [1.807, 2.05) is 97.1 Å². The van der Waals surface area contributed by atoms with Crippen molar-refractivity contribution >= 4 is 28.5 Å². The number of aromatic hydroxyl groups is 1. The largest absolute Gasteiger partial charge is 0.507 e. The van der Waals surface area contributed by atoms with Crippen LogP contribution in [0.5, 0.6) is 11.5 Å². The number of nitrogens with zero attached hydrogens (tertiary/aromatic N) is 1. The minimum atomic E-state index is -0.361. The number of phenols is 1. The fraction of sp³-hybridized carbons (Fsp3) is 0.0690. The van der Waals surface area contributed by atoms with Gasteiger partial charge >= 0.3 is 0 Å². The predicted octanol–water partition coefficient (Wildman–Crippen LogP) is 5.70. The number of fused-ring (bicyclic) bond motifs is 1. The summed E-state index contributed by atoms with van der Waals surface area (Å²) in [5, 5.41) is 14.3. The fourth-order valence-corrected chi connectivity index (χ4v) is 4.14. The lowest BCUT2D eigenvalue weighted by atomic mass is 10.0. The van der Waals surface area contributed by atoms with Crippen molar-refractivity contribution in [2.24, 2.45) is 0 Å². The maximum atomic E-state index is 13.3. The van der Waals surface area contributed by atoms with E-state index in [-0.39, 0.29) is 17.7 Å². The molecule has 1 atom stereocenters. The first-order valence-corrected chi connectivity index (χ1v) is 11.0. The lowest BCUT2D eigenvalue weighted by Gasteiger charge is -2.24. The van der Waals surface area contributed by atoms with Gasteiger partial charge in [-0.15, -0.1) is 0 Å². The average molecular weight is 449 g/mol. The summed E-state index contributed by atoms with van der Waals surface area (Å²) in [6.07, 6.45) is 5.30. The normalized spacial score (nSPS) is 15.4. The van der Waals surface area contributed by atoms with Gasteiger partial charge in [-0.25, -0.2) is 5.01 Å². The molecule has 1 amide bonds.